The zero-order valence-corrected chi connectivity index (χ0v) is 22.7. The molecule has 2 saturated heterocycles. The summed E-state index contributed by atoms with van der Waals surface area (Å²) in [7, 11) is 0. The SMILES string of the molecule is CCC1CCN(N=Nc2ccc(C(N)=O)cc2)CN1CN1CN(N=Nc2ccc(C(N)=O)cc2)CCC1CC. The monoisotopic (exact) mass is 534 g/mol. The van der Waals surface area contributed by atoms with Crippen LogP contribution in [0.25, 0.3) is 0 Å². The Morgan fingerprint density at radius 1 is 0.718 bits per heavy atom. The van der Waals surface area contributed by atoms with E-state index in [1.807, 2.05) is 10.0 Å². The minimum absolute atomic E-state index is 0.450. The smallest absolute Gasteiger partial charge is 0.248 e. The van der Waals surface area contributed by atoms with E-state index in [1.165, 1.54) is 0 Å². The van der Waals surface area contributed by atoms with Gasteiger partial charge in [0, 0.05) is 36.3 Å². The van der Waals surface area contributed by atoms with Crippen LogP contribution in [-0.2, 0) is 0 Å². The van der Waals surface area contributed by atoms with Crippen LogP contribution in [0.15, 0.2) is 69.2 Å². The van der Waals surface area contributed by atoms with Crippen molar-refractivity contribution in [3.05, 3.63) is 59.7 Å². The lowest BCUT2D eigenvalue weighted by Crippen LogP contribution is -2.57. The highest BCUT2D eigenvalue weighted by molar-refractivity contribution is 5.93. The summed E-state index contributed by atoms with van der Waals surface area (Å²) in [4.78, 5) is 27.5. The van der Waals surface area contributed by atoms with E-state index < -0.39 is 11.8 Å². The van der Waals surface area contributed by atoms with Gasteiger partial charge in [-0.05, 0) is 74.2 Å². The van der Waals surface area contributed by atoms with Crippen molar-refractivity contribution in [3.8, 4) is 0 Å². The van der Waals surface area contributed by atoms with E-state index in [0.29, 0.717) is 47.9 Å². The number of carbonyl (C=O) groups excluding carboxylic acids is 2. The first-order chi connectivity index (χ1) is 18.9. The van der Waals surface area contributed by atoms with E-state index >= 15 is 0 Å². The Balaban J connectivity index is 1.38. The van der Waals surface area contributed by atoms with Crippen LogP contribution >= 0.6 is 0 Å². The largest absolute Gasteiger partial charge is 0.366 e. The van der Waals surface area contributed by atoms with E-state index in [-0.39, 0.29) is 0 Å². The molecule has 0 spiro atoms. The van der Waals surface area contributed by atoms with Gasteiger partial charge in [-0.25, -0.2) is 0 Å². The zero-order chi connectivity index (χ0) is 27.8. The van der Waals surface area contributed by atoms with E-state index in [2.05, 4.69) is 44.3 Å². The molecule has 2 fully saturated rings. The molecule has 2 aromatic rings. The summed E-state index contributed by atoms with van der Waals surface area (Å²) in [5, 5.41) is 21.7. The van der Waals surface area contributed by atoms with Crippen molar-refractivity contribution in [1.82, 2.24) is 19.8 Å². The fourth-order valence-electron chi connectivity index (χ4n) is 4.99. The highest BCUT2D eigenvalue weighted by Crippen LogP contribution is 2.24. The molecule has 2 aliphatic rings. The first-order valence-corrected chi connectivity index (χ1v) is 13.5. The number of benzene rings is 2. The van der Waals surface area contributed by atoms with Crippen molar-refractivity contribution in [2.45, 2.75) is 51.6 Å². The van der Waals surface area contributed by atoms with Crippen LogP contribution in [0.2, 0.25) is 0 Å². The van der Waals surface area contributed by atoms with Crippen molar-refractivity contribution in [2.24, 2.45) is 32.1 Å². The summed E-state index contributed by atoms with van der Waals surface area (Å²) in [5.41, 5.74) is 12.9. The predicted molar refractivity (Wildman–Crippen MR) is 148 cm³/mol. The third-order valence-electron chi connectivity index (χ3n) is 7.35. The van der Waals surface area contributed by atoms with Crippen molar-refractivity contribution < 1.29 is 9.59 Å². The number of nitrogens with zero attached hydrogens (tertiary/aromatic N) is 8. The Labute approximate surface area is 229 Å². The van der Waals surface area contributed by atoms with Gasteiger partial charge in [-0.1, -0.05) is 24.3 Å². The lowest BCUT2D eigenvalue weighted by molar-refractivity contribution is -0.0546. The van der Waals surface area contributed by atoms with Crippen LogP contribution in [0.1, 0.15) is 60.2 Å². The van der Waals surface area contributed by atoms with Gasteiger partial charge in [-0.15, -0.1) is 10.2 Å². The number of primary amides is 2. The summed E-state index contributed by atoms with van der Waals surface area (Å²) in [6.07, 6.45) is 4.14. The molecule has 2 heterocycles. The Morgan fingerprint density at radius 2 is 1.10 bits per heavy atom. The topological polar surface area (TPSA) is 149 Å². The van der Waals surface area contributed by atoms with Gasteiger partial charge in [-0.2, -0.15) is 0 Å². The van der Waals surface area contributed by atoms with Gasteiger partial charge in [0.15, 0.2) is 0 Å². The molecule has 2 unspecified atom stereocenters. The average Bonchev–Trinajstić information content (AvgIpc) is 2.95. The molecule has 4 rings (SSSR count). The van der Waals surface area contributed by atoms with Gasteiger partial charge in [0.05, 0.1) is 31.4 Å². The molecule has 0 bridgehead atoms. The highest BCUT2D eigenvalue weighted by atomic mass is 16.1. The zero-order valence-electron chi connectivity index (χ0n) is 22.7. The second-order valence-electron chi connectivity index (χ2n) is 9.96. The Hall–Kier alpha value is -3.90. The summed E-state index contributed by atoms with van der Waals surface area (Å²) in [5.74, 6) is -0.921. The molecule has 0 aromatic heterocycles. The Kier molecular flexibility index (Phi) is 9.55. The van der Waals surface area contributed by atoms with E-state index in [4.69, 9.17) is 11.5 Å². The van der Waals surface area contributed by atoms with E-state index in [0.717, 1.165) is 45.4 Å². The lowest BCUT2D eigenvalue weighted by atomic mass is 10.1. The third kappa shape index (κ3) is 7.58. The van der Waals surface area contributed by atoms with Gasteiger partial charge in [0.2, 0.25) is 11.8 Å². The van der Waals surface area contributed by atoms with Crippen LogP contribution < -0.4 is 11.5 Å². The van der Waals surface area contributed by atoms with Crippen LogP contribution in [-0.4, -0.2) is 76.8 Å². The summed E-state index contributed by atoms with van der Waals surface area (Å²) >= 11 is 0. The van der Waals surface area contributed by atoms with Crippen molar-refractivity contribution in [1.29, 1.82) is 0 Å². The molecule has 4 N–H and O–H groups in total. The van der Waals surface area contributed by atoms with Gasteiger partial charge >= 0.3 is 0 Å². The third-order valence-corrected chi connectivity index (χ3v) is 7.35. The summed E-state index contributed by atoms with van der Waals surface area (Å²) < 4.78 is 0. The molecule has 208 valence electrons. The molecule has 0 aliphatic carbocycles. The van der Waals surface area contributed by atoms with Crippen LogP contribution in [0.3, 0.4) is 0 Å². The molecule has 2 amide bonds. The van der Waals surface area contributed by atoms with E-state index in [1.54, 1.807) is 48.5 Å². The normalized spacial score (nSPS) is 21.2. The van der Waals surface area contributed by atoms with Gasteiger partial charge in [0.1, 0.15) is 0 Å². The fourth-order valence-corrected chi connectivity index (χ4v) is 4.99. The van der Waals surface area contributed by atoms with Crippen LogP contribution in [0, 0.1) is 0 Å². The molecule has 0 radical (unpaired) electrons. The minimum atomic E-state index is -0.460. The summed E-state index contributed by atoms with van der Waals surface area (Å²) in [6.45, 7) is 8.30. The number of hydrogen-bond donors (Lipinski definition) is 2. The molecule has 2 atom stereocenters. The van der Waals surface area contributed by atoms with Crippen LogP contribution in [0.5, 0.6) is 0 Å². The first kappa shape index (κ1) is 28.1. The van der Waals surface area contributed by atoms with Crippen molar-refractivity contribution >= 4 is 23.2 Å². The average molecular weight is 535 g/mol. The number of nitrogens with two attached hydrogens (primary N) is 2. The lowest BCUT2D eigenvalue weighted by Gasteiger charge is -2.46. The maximum atomic E-state index is 11.3. The second-order valence-corrected chi connectivity index (χ2v) is 9.96. The molecular formula is C27H38N10O2. The number of hydrogen-bond acceptors (Lipinski definition) is 8. The first-order valence-electron chi connectivity index (χ1n) is 13.5. The second kappa shape index (κ2) is 13.3. The standard InChI is InChI=1S/C27H38N10O2/c1-3-24-13-15-36(32-30-22-9-5-20(6-10-22)26(28)38)18-34(24)17-35-19-37(16-14-25(35)4-2)33-31-23-11-7-21(8-12-23)27(29)39/h5-12,24-25H,3-4,13-19H2,1-2H3,(H2,28,38)(H2,29,39). The molecular weight excluding hydrogens is 496 g/mol. The molecule has 12 heteroatoms. The molecule has 12 nitrogen and oxygen atoms in total. The Bertz CT molecular complexity index is 1080. The molecule has 0 saturated carbocycles. The predicted octanol–water partition coefficient (Wildman–Crippen LogP) is 4.03. The highest BCUT2D eigenvalue weighted by Gasteiger charge is 2.31. The maximum Gasteiger partial charge on any atom is 0.248 e. The quantitative estimate of drug-likeness (QED) is 0.440. The van der Waals surface area contributed by atoms with Gasteiger partial charge < -0.3 is 11.5 Å². The molecule has 39 heavy (non-hydrogen) atoms. The van der Waals surface area contributed by atoms with E-state index in [9.17, 15) is 9.59 Å². The van der Waals surface area contributed by atoms with Crippen molar-refractivity contribution in [2.75, 3.05) is 33.1 Å². The molecule has 2 aliphatic heterocycles. The minimum Gasteiger partial charge on any atom is -0.366 e. The van der Waals surface area contributed by atoms with Gasteiger partial charge in [0.25, 0.3) is 0 Å². The van der Waals surface area contributed by atoms with Gasteiger partial charge in [-0.3, -0.25) is 29.4 Å². The van der Waals surface area contributed by atoms with Crippen molar-refractivity contribution in [3.63, 3.8) is 0 Å². The van der Waals surface area contributed by atoms with Crippen LogP contribution in [0.4, 0.5) is 11.4 Å². The number of carbonyl (C=O) groups is 2. The molecule has 2 aromatic carbocycles. The fraction of sp³-hybridized carbons (Fsp3) is 0.481. The summed E-state index contributed by atoms with van der Waals surface area (Å²) in [6, 6.07) is 14.5. The Morgan fingerprint density at radius 3 is 1.44 bits per heavy atom. The number of rotatable bonds is 10. The maximum absolute atomic E-state index is 11.3. The number of amides is 2.